The van der Waals surface area contributed by atoms with Crippen molar-refractivity contribution in [3.8, 4) is 11.1 Å². The molecule has 6 nitrogen and oxygen atoms in total. The summed E-state index contributed by atoms with van der Waals surface area (Å²) < 4.78 is 40.9. The minimum atomic E-state index is -2.81. The van der Waals surface area contributed by atoms with Crippen LogP contribution in [-0.4, -0.2) is 24.8 Å². The van der Waals surface area contributed by atoms with Crippen LogP contribution >= 0.6 is 11.6 Å². The molecule has 0 spiro atoms. The molecule has 0 radical (unpaired) electrons. The van der Waals surface area contributed by atoms with Crippen LogP contribution < -0.4 is 4.31 Å². The third-order valence-electron chi connectivity index (χ3n) is 5.61. The molecule has 0 saturated carbocycles. The van der Waals surface area contributed by atoms with Gasteiger partial charge in [-0.3, -0.25) is 13.5 Å². The average Bonchev–Trinajstić information content (AvgIpc) is 2.78. The summed E-state index contributed by atoms with van der Waals surface area (Å²) in [5.74, 6) is -1.66. The summed E-state index contributed by atoms with van der Waals surface area (Å²) >= 11 is 3.47. The van der Waals surface area contributed by atoms with E-state index < -0.39 is 28.5 Å². The number of anilines is 2. The molecule has 1 atom stereocenters. The van der Waals surface area contributed by atoms with Gasteiger partial charge in [0.05, 0.1) is 33.7 Å². The molecule has 0 bridgehead atoms. The Hall–Kier alpha value is -3.33. The van der Waals surface area contributed by atoms with Crippen LogP contribution in [0.1, 0.15) is 36.7 Å². The highest BCUT2D eigenvalue weighted by Crippen LogP contribution is 2.41. The van der Waals surface area contributed by atoms with Crippen molar-refractivity contribution in [3.05, 3.63) is 88.8 Å². The summed E-state index contributed by atoms with van der Waals surface area (Å²) in [6.45, 7) is 5.60. The Morgan fingerprint density at radius 1 is 1.09 bits per heavy atom. The van der Waals surface area contributed by atoms with Gasteiger partial charge in [0, 0.05) is 22.2 Å². The van der Waals surface area contributed by atoms with Gasteiger partial charge in [-0.25, -0.2) is 9.18 Å². The average molecular weight is 512 g/mol. The standard InChI is InChI=1S/C26H22ClFN2O4S/c1-26(2,3)21-10-7-16(14-22(21)28)30(35(33)34)23-11-6-15(27)13-20(23)17-8-9-19(25(31)32)24-18(17)5-4-12-29-24/h4-14H,1-3H3,(H,31,32)(H,33,34)/p-1. The lowest BCUT2D eigenvalue weighted by Gasteiger charge is -2.30. The number of halogens is 2. The maximum absolute atomic E-state index is 15.0. The molecule has 0 aliphatic heterocycles. The molecule has 35 heavy (non-hydrogen) atoms. The van der Waals surface area contributed by atoms with Crippen LogP contribution in [0.25, 0.3) is 22.0 Å². The molecule has 3 aromatic carbocycles. The van der Waals surface area contributed by atoms with E-state index in [1.54, 1.807) is 36.4 Å². The quantitative estimate of drug-likeness (QED) is 0.304. The number of hydrogen-bond acceptors (Lipinski definition) is 4. The first kappa shape index (κ1) is 24.8. The van der Waals surface area contributed by atoms with E-state index in [2.05, 4.69) is 4.98 Å². The second-order valence-electron chi connectivity index (χ2n) is 8.95. The van der Waals surface area contributed by atoms with Crippen LogP contribution in [0.5, 0.6) is 0 Å². The third-order valence-corrected chi connectivity index (χ3v) is 6.55. The number of carboxylic acid groups (broad SMARTS) is 1. The Bertz CT molecular complexity index is 1490. The summed E-state index contributed by atoms with van der Waals surface area (Å²) in [7, 11) is 0. The number of benzene rings is 3. The van der Waals surface area contributed by atoms with Crippen molar-refractivity contribution in [2.45, 2.75) is 26.2 Å². The molecule has 1 N–H and O–H groups in total. The Morgan fingerprint density at radius 3 is 2.46 bits per heavy atom. The van der Waals surface area contributed by atoms with E-state index in [0.29, 0.717) is 27.1 Å². The summed E-state index contributed by atoms with van der Waals surface area (Å²) in [6.07, 6.45) is 1.48. The smallest absolute Gasteiger partial charge is 0.337 e. The Labute approximate surface area is 209 Å². The molecule has 1 heterocycles. The second-order valence-corrected chi connectivity index (χ2v) is 10.2. The van der Waals surface area contributed by atoms with Crippen molar-refractivity contribution in [1.82, 2.24) is 4.98 Å². The number of hydrogen-bond donors (Lipinski definition) is 1. The number of aromatic carboxylic acids is 1. The first-order chi connectivity index (χ1) is 16.5. The van der Waals surface area contributed by atoms with E-state index in [9.17, 15) is 23.1 Å². The summed E-state index contributed by atoms with van der Waals surface area (Å²) in [6, 6.07) is 15.3. The monoisotopic (exact) mass is 511 g/mol. The fourth-order valence-electron chi connectivity index (χ4n) is 4.03. The molecule has 0 aliphatic carbocycles. The van der Waals surface area contributed by atoms with Gasteiger partial charge in [0.25, 0.3) is 0 Å². The number of rotatable bonds is 5. The van der Waals surface area contributed by atoms with Crippen LogP contribution in [0.15, 0.2) is 66.9 Å². The van der Waals surface area contributed by atoms with Gasteiger partial charge >= 0.3 is 5.97 Å². The van der Waals surface area contributed by atoms with Gasteiger partial charge in [0.2, 0.25) is 0 Å². The van der Waals surface area contributed by atoms with Gasteiger partial charge < -0.3 is 9.66 Å². The zero-order valence-electron chi connectivity index (χ0n) is 19.1. The normalized spacial score (nSPS) is 12.5. The molecule has 1 unspecified atom stereocenters. The van der Waals surface area contributed by atoms with Gasteiger partial charge in [-0.2, -0.15) is 0 Å². The first-order valence-corrected chi connectivity index (χ1v) is 12.0. The fraction of sp³-hybridized carbons (Fsp3) is 0.154. The van der Waals surface area contributed by atoms with Crippen LogP contribution in [0.2, 0.25) is 5.02 Å². The van der Waals surface area contributed by atoms with Crippen molar-refractivity contribution in [1.29, 1.82) is 0 Å². The van der Waals surface area contributed by atoms with Crippen LogP contribution in [0, 0.1) is 5.82 Å². The molecule has 4 aromatic rings. The molecule has 180 valence electrons. The zero-order chi connectivity index (χ0) is 25.5. The van der Waals surface area contributed by atoms with Gasteiger partial charge in [0.15, 0.2) is 0 Å². The highest BCUT2D eigenvalue weighted by atomic mass is 35.5. The van der Waals surface area contributed by atoms with Crippen LogP contribution in [-0.2, 0) is 16.7 Å². The molecule has 0 amide bonds. The number of fused-ring (bicyclic) bond motifs is 1. The van der Waals surface area contributed by atoms with E-state index in [0.717, 1.165) is 4.31 Å². The molecule has 0 saturated heterocycles. The lowest BCUT2D eigenvalue weighted by Crippen LogP contribution is -2.21. The van der Waals surface area contributed by atoms with Crippen LogP contribution in [0.3, 0.4) is 0 Å². The van der Waals surface area contributed by atoms with E-state index >= 15 is 0 Å². The van der Waals surface area contributed by atoms with Crippen molar-refractivity contribution in [2.24, 2.45) is 0 Å². The Kier molecular flexibility index (Phi) is 6.64. The van der Waals surface area contributed by atoms with Crippen LogP contribution in [0.4, 0.5) is 15.8 Å². The maximum Gasteiger partial charge on any atom is 0.337 e. The predicted octanol–water partition coefficient (Wildman–Crippen LogP) is 6.62. The first-order valence-electron chi connectivity index (χ1n) is 10.6. The van der Waals surface area contributed by atoms with Crippen molar-refractivity contribution < 1.29 is 23.1 Å². The highest BCUT2D eigenvalue weighted by Gasteiger charge is 2.23. The number of carbonyl (C=O) groups is 1. The molecule has 9 heteroatoms. The minimum absolute atomic E-state index is 0.0111. The van der Waals surface area contributed by atoms with E-state index in [4.69, 9.17) is 11.6 Å². The lowest BCUT2D eigenvalue weighted by molar-refractivity contribution is 0.0699. The SMILES string of the molecule is CC(C)(C)c1ccc(N(c2ccc(Cl)cc2-c2ccc(C(=O)O)c3ncccc23)S(=O)[O-])cc1F. The molecule has 4 rings (SSSR count). The number of carboxylic acids is 1. The van der Waals surface area contributed by atoms with E-state index in [1.165, 1.54) is 30.5 Å². The van der Waals surface area contributed by atoms with Gasteiger partial charge in [-0.1, -0.05) is 50.6 Å². The zero-order valence-corrected chi connectivity index (χ0v) is 20.7. The van der Waals surface area contributed by atoms with Crippen molar-refractivity contribution in [3.63, 3.8) is 0 Å². The van der Waals surface area contributed by atoms with E-state index in [1.807, 2.05) is 20.8 Å². The topological polar surface area (TPSA) is 93.6 Å². The highest BCUT2D eigenvalue weighted by molar-refractivity contribution is 7.81. The molecule has 1 aromatic heterocycles. The van der Waals surface area contributed by atoms with Gasteiger partial charge in [0.1, 0.15) is 5.82 Å². The second kappa shape index (κ2) is 9.37. The van der Waals surface area contributed by atoms with Gasteiger partial charge in [-0.15, -0.1) is 0 Å². The minimum Gasteiger partial charge on any atom is -0.755 e. The predicted molar refractivity (Wildman–Crippen MR) is 135 cm³/mol. The molecule has 0 aliphatic rings. The molecule has 0 fully saturated rings. The number of pyridine rings is 1. The largest absolute Gasteiger partial charge is 0.755 e. The third kappa shape index (κ3) is 4.77. The Balaban J connectivity index is 1.97. The van der Waals surface area contributed by atoms with Crippen molar-refractivity contribution >= 4 is 51.1 Å². The maximum atomic E-state index is 15.0. The summed E-state index contributed by atoms with van der Waals surface area (Å²) in [5.41, 5.74) is 1.52. The molecular weight excluding hydrogens is 491 g/mol. The van der Waals surface area contributed by atoms with Gasteiger partial charge in [-0.05, 0) is 59.0 Å². The molecular formula is C26H21ClFN2O4S-. The number of nitrogens with zero attached hydrogens (tertiary/aromatic N) is 2. The van der Waals surface area contributed by atoms with E-state index in [-0.39, 0.29) is 22.5 Å². The lowest BCUT2D eigenvalue weighted by atomic mass is 9.86. The van der Waals surface area contributed by atoms with Crippen molar-refractivity contribution in [2.75, 3.05) is 4.31 Å². The fourth-order valence-corrected chi connectivity index (χ4v) is 4.80. The summed E-state index contributed by atoms with van der Waals surface area (Å²) in [5, 5.41) is 10.4. The summed E-state index contributed by atoms with van der Waals surface area (Å²) in [4.78, 5) is 15.9. The Morgan fingerprint density at radius 2 is 1.83 bits per heavy atom. The number of aromatic nitrogens is 1.